The van der Waals surface area contributed by atoms with Crippen molar-refractivity contribution in [2.45, 2.75) is 31.3 Å². The first kappa shape index (κ1) is 14.3. The van der Waals surface area contributed by atoms with Crippen LogP contribution in [0.2, 0.25) is 0 Å². The van der Waals surface area contributed by atoms with E-state index >= 15 is 0 Å². The van der Waals surface area contributed by atoms with Crippen LogP contribution < -0.4 is 5.32 Å². The second kappa shape index (κ2) is 6.33. The second-order valence-corrected chi connectivity index (χ2v) is 6.46. The Morgan fingerprint density at radius 1 is 1.22 bits per heavy atom. The van der Waals surface area contributed by atoms with Crippen LogP contribution in [0.1, 0.15) is 25.7 Å². The highest BCUT2D eigenvalue weighted by molar-refractivity contribution is 4.88. The normalized spacial score (nSPS) is 26.7. The molecule has 0 spiro atoms. The number of nitrogens with one attached hydrogen (secondary N) is 1. The van der Waals surface area contributed by atoms with Crippen LogP contribution in [0, 0.1) is 5.92 Å². The summed E-state index contributed by atoms with van der Waals surface area (Å²) in [7, 11) is 4.31. The summed E-state index contributed by atoms with van der Waals surface area (Å²) in [5.41, 5.74) is -0.431. The molecule has 18 heavy (non-hydrogen) atoms. The molecule has 0 bridgehead atoms. The molecule has 0 aromatic rings. The molecule has 0 atom stereocenters. The first-order chi connectivity index (χ1) is 8.57. The topological polar surface area (TPSA) is 38.7 Å². The van der Waals surface area contributed by atoms with E-state index in [1.807, 2.05) is 0 Å². The third kappa shape index (κ3) is 4.19. The van der Waals surface area contributed by atoms with E-state index in [2.05, 4.69) is 29.2 Å². The number of hydrogen-bond donors (Lipinski definition) is 2. The van der Waals surface area contributed by atoms with Crippen molar-refractivity contribution in [2.24, 2.45) is 5.92 Å². The van der Waals surface area contributed by atoms with Gasteiger partial charge in [0, 0.05) is 13.1 Å². The van der Waals surface area contributed by atoms with Crippen LogP contribution in [0.5, 0.6) is 0 Å². The molecule has 2 aliphatic rings. The molecule has 0 saturated carbocycles. The molecule has 0 aliphatic carbocycles. The van der Waals surface area contributed by atoms with Gasteiger partial charge in [-0.05, 0) is 71.9 Å². The number of hydrogen-bond acceptors (Lipinski definition) is 4. The van der Waals surface area contributed by atoms with Gasteiger partial charge in [-0.3, -0.25) is 0 Å². The summed E-state index contributed by atoms with van der Waals surface area (Å²) in [6.45, 7) is 6.34. The zero-order valence-electron chi connectivity index (χ0n) is 12.0. The molecule has 2 saturated heterocycles. The van der Waals surface area contributed by atoms with Crippen molar-refractivity contribution in [3.8, 4) is 0 Å². The summed E-state index contributed by atoms with van der Waals surface area (Å²) >= 11 is 0. The SMILES string of the molecule is CN(C)CC1CCN(CC2(O)CCNCC2)CC1. The van der Waals surface area contributed by atoms with Gasteiger partial charge in [-0.1, -0.05) is 0 Å². The van der Waals surface area contributed by atoms with Crippen LogP contribution in [-0.2, 0) is 0 Å². The van der Waals surface area contributed by atoms with E-state index in [0.29, 0.717) is 0 Å². The van der Waals surface area contributed by atoms with Gasteiger partial charge in [0.2, 0.25) is 0 Å². The van der Waals surface area contributed by atoms with Crippen molar-refractivity contribution < 1.29 is 5.11 Å². The molecule has 2 N–H and O–H groups in total. The standard InChI is InChI=1S/C14H29N3O/c1-16(2)11-13-3-9-17(10-4-13)12-14(18)5-7-15-8-6-14/h13,15,18H,3-12H2,1-2H3. The molecule has 106 valence electrons. The predicted octanol–water partition coefficient (Wildman–Crippen LogP) is 0.375. The van der Waals surface area contributed by atoms with Gasteiger partial charge in [-0.25, -0.2) is 0 Å². The summed E-state index contributed by atoms with van der Waals surface area (Å²) in [5.74, 6) is 0.846. The highest BCUT2D eigenvalue weighted by Gasteiger charge is 2.32. The van der Waals surface area contributed by atoms with Crippen LogP contribution in [0.25, 0.3) is 0 Å². The molecule has 2 aliphatic heterocycles. The van der Waals surface area contributed by atoms with Crippen molar-refractivity contribution in [2.75, 3.05) is 53.4 Å². The number of β-amino-alcohol motifs (C(OH)–C–C–N with tert-alkyl or cyclic N) is 1. The summed E-state index contributed by atoms with van der Waals surface area (Å²) in [6, 6.07) is 0. The van der Waals surface area contributed by atoms with Crippen molar-refractivity contribution in [1.82, 2.24) is 15.1 Å². The quantitative estimate of drug-likeness (QED) is 0.761. The van der Waals surface area contributed by atoms with Crippen molar-refractivity contribution in [3.05, 3.63) is 0 Å². The molecule has 0 unspecified atom stereocenters. The first-order valence-corrected chi connectivity index (χ1v) is 7.38. The van der Waals surface area contributed by atoms with E-state index in [4.69, 9.17) is 0 Å². The van der Waals surface area contributed by atoms with Crippen molar-refractivity contribution >= 4 is 0 Å². The van der Waals surface area contributed by atoms with Crippen LogP contribution in [-0.4, -0.2) is 73.9 Å². The van der Waals surface area contributed by atoms with Gasteiger partial charge in [0.05, 0.1) is 5.60 Å². The van der Waals surface area contributed by atoms with E-state index in [0.717, 1.165) is 51.5 Å². The van der Waals surface area contributed by atoms with E-state index in [1.165, 1.54) is 19.4 Å². The smallest absolute Gasteiger partial charge is 0.0798 e. The maximum absolute atomic E-state index is 10.5. The highest BCUT2D eigenvalue weighted by Crippen LogP contribution is 2.23. The minimum Gasteiger partial charge on any atom is -0.388 e. The highest BCUT2D eigenvalue weighted by atomic mass is 16.3. The average molecular weight is 255 g/mol. The largest absolute Gasteiger partial charge is 0.388 e. The zero-order chi connectivity index (χ0) is 13.0. The molecule has 0 radical (unpaired) electrons. The molecule has 2 fully saturated rings. The van der Waals surface area contributed by atoms with E-state index in [9.17, 15) is 5.11 Å². The monoisotopic (exact) mass is 255 g/mol. The van der Waals surface area contributed by atoms with Crippen LogP contribution in [0.4, 0.5) is 0 Å². The Kier molecular flexibility index (Phi) is 5.01. The fourth-order valence-electron chi connectivity index (χ4n) is 3.31. The zero-order valence-corrected chi connectivity index (χ0v) is 12.0. The van der Waals surface area contributed by atoms with Crippen molar-refractivity contribution in [3.63, 3.8) is 0 Å². The number of rotatable bonds is 4. The van der Waals surface area contributed by atoms with Crippen LogP contribution in [0.15, 0.2) is 0 Å². The van der Waals surface area contributed by atoms with E-state index in [1.54, 1.807) is 0 Å². The van der Waals surface area contributed by atoms with Gasteiger partial charge in [0.15, 0.2) is 0 Å². The Bertz CT molecular complexity index is 243. The minimum atomic E-state index is -0.431. The number of piperidine rings is 2. The Labute approximate surface area is 111 Å². The van der Waals surface area contributed by atoms with Crippen LogP contribution >= 0.6 is 0 Å². The summed E-state index contributed by atoms with van der Waals surface area (Å²) < 4.78 is 0. The Hall–Kier alpha value is -0.160. The molecule has 0 amide bonds. The van der Waals surface area contributed by atoms with Gasteiger partial charge in [-0.2, -0.15) is 0 Å². The van der Waals surface area contributed by atoms with Crippen LogP contribution in [0.3, 0.4) is 0 Å². The lowest BCUT2D eigenvalue weighted by Gasteiger charge is -2.40. The van der Waals surface area contributed by atoms with Gasteiger partial charge >= 0.3 is 0 Å². The Morgan fingerprint density at radius 2 is 1.83 bits per heavy atom. The van der Waals surface area contributed by atoms with Crippen molar-refractivity contribution in [1.29, 1.82) is 0 Å². The number of aliphatic hydroxyl groups is 1. The lowest BCUT2D eigenvalue weighted by atomic mass is 9.90. The average Bonchev–Trinajstić information content (AvgIpc) is 2.31. The molecular weight excluding hydrogens is 226 g/mol. The van der Waals surface area contributed by atoms with Gasteiger partial charge in [0.25, 0.3) is 0 Å². The predicted molar refractivity (Wildman–Crippen MR) is 74.8 cm³/mol. The summed E-state index contributed by atoms with van der Waals surface area (Å²) in [4.78, 5) is 4.76. The molecule has 4 heteroatoms. The summed E-state index contributed by atoms with van der Waals surface area (Å²) in [5, 5.41) is 13.9. The Morgan fingerprint density at radius 3 is 2.39 bits per heavy atom. The molecule has 4 nitrogen and oxygen atoms in total. The third-order valence-corrected chi connectivity index (χ3v) is 4.38. The minimum absolute atomic E-state index is 0.431. The second-order valence-electron chi connectivity index (χ2n) is 6.46. The maximum atomic E-state index is 10.5. The van der Waals surface area contributed by atoms with E-state index < -0.39 is 5.60 Å². The lowest BCUT2D eigenvalue weighted by molar-refractivity contribution is -0.0282. The number of likely N-dealkylation sites (tertiary alicyclic amines) is 1. The van der Waals surface area contributed by atoms with Gasteiger partial charge in [-0.15, -0.1) is 0 Å². The maximum Gasteiger partial charge on any atom is 0.0798 e. The summed E-state index contributed by atoms with van der Waals surface area (Å²) in [6.07, 6.45) is 4.38. The number of nitrogens with zero attached hydrogens (tertiary/aromatic N) is 2. The lowest BCUT2D eigenvalue weighted by Crippen LogP contribution is -2.51. The fourth-order valence-corrected chi connectivity index (χ4v) is 3.31. The van der Waals surface area contributed by atoms with Gasteiger partial charge in [0.1, 0.15) is 0 Å². The fraction of sp³-hybridized carbons (Fsp3) is 1.00. The van der Waals surface area contributed by atoms with E-state index in [-0.39, 0.29) is 0 Å². The first-order valence-electron chi connectivity index (χ1n) is 7.38. The molecule has 0 aromatic heterocycles. The Balaban J connectivity index is 1.72. The molecular formula is C14H29N3O. The molecule has 2 heterocycles. The molecule has 2 rings (SSSR count). The molecule has 0 aromatic carbocycles. The third-order valence-electron chi connectivity index (χ3n) is 4.38. The van der Waals surface area contributed by atoms with Gasteiger partial charge < -0.3 is 20.2 Å².